The van der Waals surface area contributed by atoms with Crippen molar-refractivity contribution in [2.75, 3.05) is 6.61 Å². The summed E-state index contributed by atoms with van der Waals surface area (Å²) in [5.41, 5.74) is -0.397. The Morgan fingerprint density at radius 2 is 2.05 bits per heavy atom. The van der Waals surface area contributed by atoms with Gasteiger partial charge in [0.25, 0.3) is 0 Å². The summed E-state index contributed by atoms with van der Waals surface area (Å²) in [6, 6.07) is 8.59. The van der Waals surface area contributed by atoms with Crippen LogP contribution in [0.1, 0.15) is 12.0 Å². The van der Waals surface area contributed by atoms with E-state index in [1.165, 1.54) is 0 Å². The van der Waals surface area contributed by atoms with E-state index in [1.807, 2.05) is 30.3 Å². The molecule has 1 amide bonds. The molecule has 1 aliphatic carbocycles. The highest BCUT2D eigenvalue weighted by Gasteiger charge is 2.61. The molecule has 1 saturated carbocycles. The van der Waals surface area contributed by atoms with Crippen LogP contribution in [0.2, 0.25) is 0 Å². The van der Waals surface area contributed by atoms with Gasteiger partial charge in [-0.2, -0.15) is 0 Å². The first-order valence-corrected chi connectivity index (χ1v) is 5.90. The van der Waals surface area contributed by atoms with Gasteiger partial charge >= 0.3 is 12.1 Å². The molecule has 0 bridgehead atoms. The molecule has 6 heteroatoms. The quantitative estimate of drug-likeness (QED) is 0.730. The summed E-state index contributed by atoms with van der Waals surface area (Å²) in [6.45, 7) is -0.370. The fourth-order valence-electron chi connectivity index (χ4n) is 1.88. The van der Waals surface area contributed by atoms with E-state index in [2.05, 4.69) is 5.32 Å². The molecule has 3 N–H and O–H groups in total. The molecule has 6 nitrogen and oxygen atoms in total. The van der Waals surface area contributed by atoms with E-state index in [9.17, 15) is 9.59 Å². The van der Waals surface area contributed by atoms with Crippen molar-refractivity contribution in [1.82, 2.24) is 5.32 Å². The van der Waals surface area contributed by atoms with Gasteiger partial charge in [-0.3, -0.25) is 4.79 Å². The van der Waals surface area contributed by atoms with Gasteiger partial charge in [0.2, 0.25) is 0 Å². The van der Waals surface area contributed by atoms with Gasteiger partial charge in [-0.25, -0.2) is 4.79 Å². The molecule has 2 rings (SSSR count). The number of aliphatic hydroxyl groups is 1. The van der Waals surface area contributed by atoms with Crippen molar-refractivity contribution in [2.24, 2.45) is 5.41 Å². The highest BCUT2D eigenvalue weighted by atomic mass is 16.5. The van der Waals surface area contributed by atoms with Crippen LogP contribution in [0.3, 0.4) is 0 Å². The number of alkyl carbamates (subject to hydrolysis) is 1. The molecule has 1 aliphatic rings. The van der Waals surface area contributed by atoms with E-state index in [4.69, 9.17) is 14.9 Å². The monoisotopic (exact) mass is 265 g/mol. The van der Waals surface area contributed by atoms with Gasteiger partial charge < -0.3 is 20.3 Å². The molecule has 0 spiro atoms. The number of amides is 1. The minimum absolute atomic E-state index is 0.124. The van der Waals surface area contributed by atoms with Gasteiger partial charge in [0.15, 0.2) is 0 Å². The number of hydrogen-bond donors (Lipinski definition) is 3. The third-order valence-corrected chi connectivity index (χ3v) is 3.29. The zero-order valence-electron chi connectivity index (χ0n) is 10.2. The average Bonchev–Trinajstić information content (AvgIpc) is 3.12. The highest BCUT2D eigenvalue weighted by Crippen LogP contribution is 2.45. The first-order valence-electron chi connectivity index (χ1n) is 5.90. The van der Waals surface area contributed by atoms with Gasteiger partial charge in [-0.05, 0) is 12.0 Å². The molecule has 0 heterocycles. The molecular weight excluding hydrogens is 250 g/mol. The Balaban J connectivity index is 1.79. The second kappa shape index (κ2) is 5.27. The van der Waals surface area contributed by atoms with Crippen LogP contribution in [0.25, 0.3) is 0 Å². The molecule has 1 fully saturated rings. The molecule has 0 saturated heterocycles. The van der Waals surface area contributed by atoms with Gasteiger partial charge in [0, 0.05) is 0 Å². The van der Waals surface area contributed by atoms with Crippen molar-refractivity contribution in [2.45, 2.75) is 19.1 Å². The zero-order valence-corrected chi connectivity index (χ0v) is 10.2. The predicted octanol–water partition coefficient (Wildman–Crippen LogP) is 0.748. The number of rotatable bonds is 5. The van der Waals surface area contributed by atoms with Gasteiger partial charge in [0.1, 0.15) is 12.0 Å². The SMILES string of the molecule is O=C(NC1CC1(CO)C(=O)O)OCc1ccccc1. The van der Waals surface area contributed by atoms with Gasteiger partial charge in [0.05, 0.1) is 12.6 Å². The standard InChI is InChI=1S/C13H15NO5/c15-8-13(11(16)17)6-10(13)14-12(18)19-7-9-4-2-1-3-5-9/h1-5,10,15H,6-8H2,(H,14,18)(H,16,17). The molecular formula is C13H15NO5. The van der Waals surface area contributed by atoms with Crippen LogP contribution in [0.4, 0.5) is 4.79 Å². The van der Waals surface area contributed by atoms with Crippen molar-refractivity contribution in [1.29, 1.82) is 0 Å². The predicted molar refractivity (Wildman–Crippen MR) is 65.3 cm³/mol. The minimum Gasteiger partial charge on any atom is -0.481 e. The van der Waals surface area contributed by atoms with Crippen LogP contribution in [0.5, 0.6) is 0 Å². The van der Waals surface area contributed by atoms with E-state index in [-0.39, 0.29) is 13.0 Å². The topological polar surface area (TPSA) is 95.9 Å². The van der Waals surface area contributed by atoms with Crippen molar-refractivity contribution in [3.8, 4) is 0 Å². The second-order valence-corrected chi connectivity index (χ2v) is 4.58. The molecule has 1 aromatic carbocycles. The largest absolute Gasteiger partial charge is 0.481 e. The first kappa shape index (κ1) is 13.4. The van der Waals surface area contributed by atoms with Crippen LogP contribution in [0, 0.1) is 5.41 Å². The Morgan fingerprint density at radius 1 is 1.37 bits per heavy atom. The first-order chi connectivity index (χ1) is 9.08. The van der Waals surface area contributed by atoms with E-state index < -0.39 is 30.1 Å². The Morgan fingerprint density at radius 3 is 2.58 bits per heavy atom. The number of carbonyl (C=O) groups is 2. The van der Waals surface area contributed by atoms with E-state index in [0.717, 1.165) is 5.56 Å². The Kier molecular flexibility index (Phi) is 3.71. The summed E-state index contributed by atoms with van der Waals surface area (Å²) in [4.78, 5) is 22.4. The maximum absolute atomic E-state index is 11.5. The van der Waals surface area contributed by atoms with Crippen LogP contribution in [0.15, 0.2) is 30.3 Å². The van der Waals surface area contributed by atoms with Crippen molar-refractivity contribution in [3.63, 3.8) is 0 Å². The fraction of sp³-hybridized carbons (Fsp3) is 0.385. The number of aliphatic hydroxyl groups excluding tert-OH is 1. The third kappa shape index (κ3) is 2.85. The Hall–Kier alpha value is -2.08. The van der Waals surface area contributed by atoms with Crippen LogP contribution < -0.4 is 5.32 Å². The lowest BCUT2D eigenvalue weighted by Gasteiger charge is -2.10. The van der Waals surface area contributed by atoms with Gasteiger partial charge in [-0.15, -0.1) is 0 Å². The lowest BCUT2D eigenvalue weighted by molar-refractivity contribution is -0.145. The molecule has 102 valence electrons. The summed E-state index contributed by atoms with van der Waals surface area (Å²) in [5.74, 6) is -1.11. The molecule has 2 unspecified atom stereocenters. The number of nitrogens with one attached hydrogen (secondary N) is 1. The highest BCUT2D eigenvalue weighted by molar-refractivity contribution is 5.82. The molecule has 0 aliphatic heterocycles. The Labute approximate surface area is 110 Å². The third-order valence-electron chi connectivity index (χ3n) is 3.29. The summed E-state index contributed by atoms with van der Waals surface area (Å²) in [5, 5.41) is 20.4. The second-order valence-electron chi connectivity index (χ2n) is 4.58. The molecule has 2 atom stereocenters. The summed E-state index contributed by atoms with van der Waals surface area (Å²) < 4.78 is 4.97. The van der Waals surface area contributed by atoms with E-state index in [1.54, 1.807) is 0 Å². The van der Waals surface area contributed by atoms with Crippen molar-refractivity contribution in [3.05, 3.63) is 35.9 Å². The fourth-order valence-corrected chi connectivity index (χ4v) is 1.88. The number of carbonyl (C=O) groups excluding carboxylic acids is 1. The Bertz CT molecular complexity index is 475. The van der Waals surface area contributed by atoms with E-state index in [0.29, 0.717) is 0 Å². The van der Waals surface area contributed by atoms with Crippen molar-refractivity contribution < 1.29 is 24.5 Å². The molecule has 0 aromatic heterocycles. The lowest BCUT2D eigenvalue weighted by Crippen LogP contribution is -2.35. The molecule has 0 radical (unpaired) electrons. The minimum atomic E-state index is -1.24. The molecule has 1 aromatic rings. The normalized spacial score (nSPS) is 24.6. The lowest BCUT2D eigenvalue weighted by atomic mass is 10.1. The summed E-state index contributed by atoms with van der Waals surface area (Å²) >= 11 is 0. The average molecular weight is 265 g/mol. The van der Waals surface area contributed by atoms with E-state index >= 15 is 0 Å². The zero-order chi connectivity index (χ0) is 13.9. The maximum atomic E-state index is 11.5. The summed E-state index contributed by atoms with van der Waals surface area (Å²) in [6.07, 6.45) is -0.454. The molecule has 19 heavy (non-hydrogen) atoms. The van der Waals surface area contributed by atoms with Crippen LogP contribution in [-0.2, 0) is 16.1 Å². The number of ether oxygens (including phenoxy) is 1. The van der Waals surface area contributed by atoms with Crippen LogP contribution in [-0.4, -0.2) is 34.9 Å². The number of carboxylic acids is 1. The van der Waals surface area contributed by atoms with Crippen LogP contribution >= 0.6 is 0 Å². The van der Waals surface area contributed by atoms with Crippen molar-refractivity contribution >= 4 is 12.1 Å². The smallest absolute Gasteiger partial charge is 0.407 e. The summed E-state index contributed by atoms with van der Waals surface area (Å²) in [7, 11) is 0. The number of carboxylic acid groups (broad SMARTS) is 1. The number of aliphatic carboxylic acids is 1. The van der Waals surface area contributed by atoms with Gasteiger partial charge in [-0.1, -0.05) is 30.3 Å². The maximum Gasteiger partial charge on any atom is 0.407 e. The number of benzene rings is 1. The number of hydrogen-bond acceptors (Lipinski definition) is 4.